The molecule has 0 spiro atoms. The normalized spacial score (nSPS) is 11.8. The third-order valence-corrected chi connectivity index (χ3v) is 7.61. The molecule has 0 saturated carbocycles. The highest BCUT2D eigenvalue weighted by molar-refractivity contribution is 15.0. The van der Waals surface area contributed by atoms with Crippen molar-refractivity contribution < 1.29 is 30.6 Å². The Morgan fingerprint density at radius 3 is 1.07 bits per heavy atom. The molecule has 290 valence electrons. The summed E-state index contributed by atoms with van der Waals surface area (Å²) in [5, 5.41) is 58.3. The van der Waals surface area contributed by atoms with Crippen molar-refractivity contribution in [3.8, 4) is 34.5 Å². The molecule has 0 unspecified atom stereocenters. The zero-order chi connectivity index (χ0) is 40.6. The first-order valence-corrected chi connectivity index (χ1v) is 22.9. The van der Waals surface area contributed by atoms with Crippen LogP contribution in [0.1, 0.15) is 49.9 Å². The number of phenolic OH excluding ortho intramolecular Hbond substituents is 6. The molecule has 0 bridgehead atoms. The lowest BCUT2D eigenvalue weighted by molar-refractivity contribution is 0.449. The van der Waals surface area contributed by atoms with Gasteiger partial charge in [0.1, 0.15) is 34.5 Å². The van der Waals surface area contributed by atoms with Crippen molar-refractivity contribution in [2.75, 3.05) is 51.1 Å². The third kappa shape index (κ3) is 15.4. The lowest BCUT2D eigenvalue weighted by Gasteiger charge is -2.17. The Balaban J connectivity index is 0.000000357. The highest BCUT2D eigenvalue weighted by atomic mass is 128. The first kappa shape index (κ1) is 45.6. The summed E-state index contributed by atoms with van der Waals surface area (Å²) >= 11 is 4.24. The Hall–Kier alpha value is -4.58. The molecule has 0 saturated heterocycles. The summed E-state index contributed by atoms with van der Waals surface area (Å²) in [5.41, 5.74) is 3.21. The van der Waals surface area contributed by atoms with Crippen molar-refractivity contribution in [3.63, 3.8) is 0 Å². The highest BCUT2D eigenvalue weighted by Gasteiger charge is 2.16. The van der Waals surface area contributed by atoms with Crippen LogP contribution >= 0.6 is 37.2 Å². The summed E-state index contributed by atoms with van der Waals surface area (Å²) in [6.07, 6.45) is 6.38. The molecule has 0 aliphatic carbocycles. The van der Waals surface area contributed by atoms with E-state index in [9.17, 15) is 30.6 Å². The predicted molar refractivity (Wildman–Crippen MR) is 241 cm³/mol. The van der Waals surface area contributed by atoms with Crippen LogP contribution in [0.25, 0.3) is 0 Å². The molecule has 0 heterocycles. The summed E-state index contributed by atoms with van der Waals surface area (Å²) in [4.78, 5) is 21.5. The molecule has 0 aliphatic heterocycles. The predicted octanol–water partition coefficient (Wildman–Crippen LogP) is 8.14. The molecule has 4 aromatic carbocycles. The molecule has 14 heteroatoms. The third-order valence-electron chi connectivity index (χ3n) is 7.61. The first-order valence-electron chi connectivity index (χ1n) is 16.6. The van der Waals surface area contributed by atoms with Gasteiger partial charge in [0, 0.05) is 148 Å². The van der Waals surface area contributed by atoms with Crippen molar-refractivity contribution in [2.24, 2.45) is 20.0 Å². The van der Waals surface area contributed by atoms with E-state index in [2.05, 4.69) is 57.2 Å². The molecule has 0 aliphatic rings. The fraction of sp³-hybridized carbons (Fsp3) is 0.300. The van der Waals surface area contributed by atoms with Crippen LogP contribution in [-0.2, 0) is 0 Å². The van der Waals surface area contributed by atoms with Crippen LogP contribution in [0.2, 0.25) is 0 Å². The van der Waals surface area contributed by atoms with E-state index in [1.165, 1.54) is 24.3 Å². The molecular weight excluding hydrogens is 914 g/mol. The number of benzene rings is 4. The van der Waals surface area contributed by atoms with Gasteiger partial charge >= 0.3 is 0 Å². The Morgan fingerprint density at radius 2 is 0.778 bits per heavy atom. The second-order valence-corrected chi connectivity index (χ2v) is 13.8. The van der Waals surface area contributed by atoms with Crippen LogP contribution in [0.15, 0.2) is 92.8 Å². The maximum absolute atomic E-state index is 10.1. The molecule has 0 amide bonds. The zero-order valence-corrected chi connectivity index (χ0v) is 36.1. The average Bonchev–Trinajstić information content (AvgIpc) is 3.10. The molecule has 0 aromatic heterocycles. The minimum Gasteiger partial charge on any atom is -0.508 e. The fourth-order valence-corrected chi connectivity index (χ4v) is 4.43. The Kier molecular flexibility index (Phi) is 18.0. The molecule has 0 fully saturated rings. The number of aromatic hydroxyl groups is 6. The van der Waals surface area contributed by atoms with Gasteiger partial charge in [-0.05, 0) is 76.2 Å². The van der Waals surface area contributed by atoms with Crippen LogP contribution < -0.4 is 9.80 Å². The Morgan fingerprint density at radius 1 is 0.481 bits per heavy atom. The molecular formula is C40H50I2N6O6. The lowest BCUT2D eigenvalue weighted by atomic mass is 10.1. The van der Waals surface area contributed by atoms with E-state index >= 15 is 0 Å². The van der Waals surface area contributed by atoms with E-state index in [1.807, 2.05) is 90.0 Å². The van der Waals surface area contributed by atoms with Gasteiger partial charge in [-0.1, -0.05) is 0 Å². The van der Waals surface area contributed by atoms with E-state index in [-0.39, 0.29) is 34.5 Å². The fourth-order valence-electron chi connectivity index (χ4n) is 4.43. The van der Waals surface area contributed by atoms with Gasteiger partial charge in [0.05, 0.1) is 24.2 Å². The Labute approximate surface area is 341 Å². The summed E-state index contributed by atoms with van der Waals surface area (Å²) in [7, 11) is 7.65. The van der Waals surface area contributed by atoms with E-state index in [4.69, 9.17) is 0 Å². The van der Waals surface area contributed by atoms with E-state index < -0.39 is 11.1 Å². The van der Waals surface area contributed by atoms with E-state index in [1.54, 1.807) is 49.1 Å². The summed E-state index contributed by atoms with van der Waals surface area (Å²) in [6, 6.07) is 19.6. The number of anilines is 2. The molecule has 4 rings (SSSR count). The molecule has 12 nitrogen and oxygen atoms in total. The van der Waals surface area contributed by atoms with Crippen LogP contribution in [0, 0.1) is 0 Å². The number of hydrogen-bond acceptors (Lipinski definition) is 12. The minimum atomic E-state index is -0.486. The quantitative estimate of drug-likeness (QED) is 0.0609. The minimum absolute atomic E-state index is 0.00334. The van der Waals surface area contributed by atoms with Gasteiger partial charge in [-0.15, -0.1) is 0 Å². The van der Waals surface area contributed by atoms with Gasteiger partial charge in [-0.25, -0.2) is 0 Å². The van der Waals surface area contributed by atoms with Gasteiger partial charge in [0.25, 0.3) is 0 Å². The van der Waals surface area contributed by atoms with Crippen LogP contribution in [0.3, 0.4) is 0 Å². The highest BCUT2D eigenvalue weighted by Crippen LogP contribution is 2.25. The number of aliphatic imine (C=N–C) groups is 4. The Bertz CT molecular complexity index is 1940. The number of phenols is 6. The van der Waals surface area contributed by atoms with Crippen molar-refractivity contribution in [1.29, 1.82) is 0 Å². The second kappa shape index (κ2) is 21.3. The zero-order valence-electron chi connectivity index (χ0n) is 31.8. The molecule has 6 N–H and O–H groups in total. The molecule has 0 atom stereocenters. The number of rotatable bonds is 12. The smallest absolute Gasteiger partial charge is 0.128 e. The van der Waals surface area contributed by atoms with Crippen LogP contribution in [0.5, 0.6) is 34.5 Å². The second-order valence-electron chi connectivity index (χ2n) is 13.8. The van der Waals surface area contributed by atoms with E-state index in [0.29, 0.717) is 35.3 Å². The SMILES string of the molecule is CN(C)c1ccc(C=NC(C)(C)CN=Cc2ccc(O)cc2O)c(O)c1.CN(C)c1ccc(C=NCC(C)(C)N=Cc2ccc(O)cc2O)c(O)c1.II. The topological polar surface area (TPSA) is 177 Å². The van der Waals surface area contributed by atoms with Crippen molar-refractivity contribution in [2.45, 2.75) is 38.8 Å². The van der Waals surface area contributed by atoms with Gasteiger partial charge < -0.3 is 40.4 Å². The summed E-state index contributed by atoms with van der Waals surface area (Å²) in [5.74, 6) is 0.303. The number of nitrogens with zero attached hydrogens (tertiary/aromatic N) is 6. The molecule has 0 radical (unpaired) electrons. The van der Waals surface area contributed by atoms with Crippen molar-refractivity contribution >= 4 is 73.5 Å². The monoisotopic (exact) mass is 964 g/mol. The number of halogens is 2. The number of hydrogen-bond donors (Lipinski definition) is 6. The maximum Gasteiger partial charge on any atom is 0.128 e. The molecule has 4 aromatic rings. The molecule has 54 heavy (non-hydrogen) atoms. The van der Waals surface area contributed by atoms with Gasteiger partial charge in [-0.2, -0.15) is 0 Å². The van der Waals surface area contributed by atoms with Crippen molar-refractivity contribution in [3.05, 3.63) is 95.1 Å². The van der Waals surface area contributed by atoms with Crippen LogP contribution in [0.4, 0.5) is 11.4 Å². The largest absolute Gasteiger partial charge is 0.508 e. The van der Waals surface area contributed by atoms with E-state index in [0.717, 1.165) is 11.4 Å². The van der Waals surface area contributed by atoms with Gasteiger partial charge in [0.2, 0.25) is 0 Å². The van der Waals surface area contributed by atoms with Crippen molar-refractivity contribution in [1.82, 2.24) is 0 Å². The average molecular weight is 965 g/mol. The lowest BCUT2D eigenvalue weighted by Crippen LogP contribution is -2.21. The van der Waals surface area contributed by atoms with Crippen LogP contribution in [-0.4, -0.2) is 108 Å². The standard InChI is InChI=1S/2C20H25N3O3.I2/c1-20(2,13-21-11-14-6-8-17(24)10-19(14)26)22-12-15-5-7-16(23(3)4)9-18(15)25;1-20(2,22-12-15-6-8-17(24)10-19(15)26)13-21-11-14-5-7-16(23(3)4)9-18(14)25;1-2/h2*5-12,24-26H,13H2,1-4H3;. The van der Waals surface area contributed by atoms with Gasteiger partial charge in [0.15, 0.2) is 0 Å². The first-order chi connectivity index (χ1) is 25.4. The summed E-state index contributed by atoms with van der Waals surface area (Å²) < 4.78 is 0. The van der Waals surface area contributed by atoms with Gasteiger partial charge in [-0.3, -0.25) is 20.0 Å². The summed E-state index contributed by atoms with van der Waals surface area (Å²) in [6.45, 7) is 8.53. The maximum atomic E-state index is 10.1.